The second kappa shape index (κ2) is 14.8. The van der Waals surface area contributed by atoms with E-state index in [1.807, 2.05) is 48.7 Å². The van der Waals surface area contributed by atoms with Gasteiger partial charge < -0.3 is 14.8 Å². The summed E-state index contributed by atoms with van der Waals surface area (Å²) in [7, 11) is 0. The Morgan fingerprint density at radius 2 is 1.66 bits per heavy atom. The first-order chi connectivity index (χ1) is 21.3. The van der Waals surface area contributed by atoms with Crippen LogP contribution in [-0.4, -0.2) is 23.7 Å². The minimum absolute atomic E-state index is 0.169. The van der Waals surface area contributed by atoms with E-state index >= 15 is 0 Å². The second-order valence-corrected chi connectivity index (χ2v) is 11.8. The number of nitrogens with one attached hydrogen (secondary N) is 2. The lowest BCUT2D eigenvalue weighted by Gasteiger charge is -2.15. The van der Waals surface area contributed by atoms with Gasteiger partial charge in [-0.2, -0.15) is 5.10 Å². The van der Waals surface area contributed by atoms with Crippen LogP contribution in [0.3, 0.4) is 0 Å². The van der Waals surface area contributed by atoms with Crippen LogP contribution >= 0.6 is 57.7 Å². The van der Waals surface area contributed by atoms with Crippen LogP contribution in [0.4, 0.5) is 10.8 Å². The fourth-order valence-corrected chi connectivity index (χ4v) is 5.60. The summed E-state index contributed by atoms with van der Waals surface area (Å²) >= 11 is 26.2. The molecule has 1 aromatic heterocycles. The van der Waals surface area contributed by atoms with Crippen LogP contribution < -0.4 is 20.2 Å². The van der Waals surface area contributed by atoms with Gasteiger partial charge in [0.05, 0.1) is 23.5 Å². The Balaban J connectivity index is 1.20. The highest BCUT2D eigenvalue weighted by Gasteiger charge is 2.14. The van der Waals surface area contributed by atoms with Crippen molar-refractivity contribution in [2.45, 2.75) is 13.5 Å². The van der Waals surface area contributed by atoms with E-state index < -0.39 is 0 Å². The predicted molar refractivity (Wildman–Crippen MR) is 181 cm³/mol. The number of amides is 1. The Labute approximate surface area is 278 Å². The molecule has 44 heavy (non-hydrogen) atoms. The van der Waals surface area contributed by atoms with E-state index in [0.29, 0.717) is 49.3 Å². The molecule has 0 atom stereocenters. The van der Waals surface area contributed by atoms with Gasteiger partial charge in [0.15, 0.2) is 16.6 Å². The Kier molecular flexibility index (Phi) is 10.6. The number of nitrogens with zero attached hydrogens (tertiary/aromatic N) is 2. The van der Waals surface area contributed by atoms with Crippen molar-refractivity contribution in [2.75, 3.05) is 11.9 Å². The highest BCUT2D eigenvalue weighted by molar-refractivity contribution is 7.14. The van der Waals surface area contributed by atoms with Crippen molar-refractivity contribution < 1.29 is 14.3 Å². The third-order valence-corrected chi connectivity index (χ3v) is 8.02. The van der Waals surface area contributed by atoms with Gasteiger partial charge in [-0.1, -0.05) is 64.6 Å². The van der Waals surface area contributed by atoms with Crippen molar-refractivity contribution in [3.63, 3.8) is 0 Å². The molecule has 12 heteroatoms. The van der Waals surface area contributed by atoms with Gasteiger partial charge in [-0.15, -0.1) is 11.3 Å². The number of benzene rings is 4. The number of aromatic nitrogens is 1. The largest absolute Gasteiger partial charge is 0.490 e. The Morgan fingerprint density at radius 3 is 2.39 bits per heavy atom. The van der Waals surface area contributed by atoms with Gasteiger partial charge in [0.1, 0.15) is 6.61 Å². The minimum Gasteiger partial charge on any atom is -0.490 e. The number of hydrazone groups is 1. The van der Waals surface area contributed by atoms with Crippen LogP contribution in [0, 0.1) is 0 Å². The van der Waals surface area contributed by atoms with E-state index in [1.54, 1.807) is 42.5 Å². The molecule has 0 spiro atoms. The molecule has 0 unspecified atom stereocenters. The smallest absolute Gasteiger partial charge is 0.271 e. The number of hydrogen-bond donors (Lipinski definition) is 2. The van der Waals surface area contributed by atoms with Crippen molar-refractivity contribution in [3.05, 3.63) is 121 Å². The van der Waals surface area contributed by atoms with Crippen LogP contribution in [0.2, 0.25) is 20.1 Å². The van der Waals surface area contributed by atoms with E-state index in [0.717, 1.165) is 27.6 Å². The summed E-state index contributed by atoms with van der Waals surface area (Å²) in [4.78, 5) is 17.4. The first kappa shape index (κ1) is 31.6. The highest BCUT2D eigenvalue weighted by atomic mass is 35.5. The molecule has 4 aromatic carbocycles. The van der Waals surface area contributed by atoms with Crippen LogP contribution in [0.15, 0.2) is 89.3 Å². The fourth-order valence-electron chi connectivity index (χ4n) is 4.00. The Morgan fingerprint density at radius 1 is 0.909 bits per heavy atom. The average molecular weight is 686 g/mol. The number of carbonyl (C=O) groups is 1. The van der Waals surface area contributed by atoms with E-state index in [-0.39, 0.29) is 12.5 Å². The van der Waals surface area contributed by atoms with Crippen molar-refractivity contribution in [1.82, 2.24) is 10.4 Å². The summed E-state index contributed by atoms with van der Waals surface area (Å²) in [6.45, 7) is 2.41. The molecule has 1 amide bonds. The van der Waals surface area contributed by atoms with Crippen molar-refractivity contribution in [2.24, 2.45) is 5.10 Å². The summed E-state index contributed by atoms with van der Waals surface area (Å²) in [5.74, 6) is 0.433. The predicted octanol–water partition coefficient (Wildman–Crippen LogP) is 9.91. The summed E-state index contributed by atoms with van der Waals surface area (Å²) in [5, 5.41) is 12.1. The van der Waals surface area contributed by atoms with Crippen LogP contribution in [-0.2, 0) is 6.61 Å². The molecule has 5 aromatic rings. The van der Waals surface area contributed by atoms with Crippen LogP contribution in [0.1, 0.15) is 28.4 Å². The summed E-state index contributed by atoms with van der Waals surface area (Å²) in [5.41, 5.74) is 6.91. The maximum Gasteiger partial charge on any atom is 0.271 e. The maximum atomic E-state index is 12.7. The topological polar surface area (TPSA) is 84.8 Å². The van der Waals surface area contributed by atoms with Gasteiger partial charge in [0.25, 0.3) is 5.91 Å². The molecule has 0 aliphatic carbocycles. The van der Waals surface area contributed by atoms with Crippen molar-refractivity contribution in [3.8, 4) is 22.8 Å². The molecular formula is C32H24Cl4N4O3S. The Bertz CT molecular complexity index is 1800. The fraction of sp³-hybridized carbons (Fsp3) is 0.0938. The lowest BCUT2D eigenvalue weighted by Crippen LogP contribution is -2.17. The first-order valence-electron chi connectivity index (χ1n) is 13.2. The number of thiazole rings is 1. The molecule has 1 heterocycles. The lowest BCUT2D eigenvalue weighted by atomic mass is 10.1. The zero-order chi connectivity index (χ0) is 31.1. The van der Waals surface area contributed by atoms with Gasteiger partial charge >= 0.3 is 0 Å². The molecule has 0 aliphatic rings. The van der Waals surface area contributed by atoms with Crippen molar-refractivity contribution in [1.29, 1.82) is 0 Å². The Hall–Kier alpha value is -3.79. The van der Waals surface area contributed by atoms with Crippen molar-refractivity contribution >= 4 is 80.7 Å². The molecular weight excluding hydrogens is 662 g/mol. The zero-order valence-electron chi connectivity index (χ0n) is 23.1. The second-order valence-electron chi connectivity index (χ2n) is 9.23. The number of anilines is 2. The summed E-state index contributed by atoms with van der Waals surface area (Å²) in [6, 6.07) is 23.1. The molecule has 2 N–H and O–H groups in total. The highest BCUT2D eigenvalue weighted by Crippen LogP contribution is 2.37. The third-order valence-electron chi connectivity index (χ3n) is 6.14. The number of hydrogen-bond acceptors (Lipinski definition) is 7. The monoisotopic (exact) mass is 684 g/mol. The third kappa shape index (κ3) is 8.22. The SMILES string of the molecule is CCOc1cc(/C=N\NC(=O)c2ccc(-c3csc(Nc4ccc(Cl)cc4)n3)cc2)cc(Cl)c1OCc1ccc(Cl)cc1Cl. The number of carbonyl (C=O) groups excluding carboxylic acids is 1. The maximum absolute atomic E-state index is 12.7. The number of rotatable bonds is 11. The minimum atomic E-state index is -0.368. The number of ether oxygens (including phenoxy) is 2. The van der Waals surface area contributed by atoms with Gasteiger partial charge in [0.2, 0.25) is 0 Å². The van der Waals surface area contributed by atoms with E-state index in [9.17, 15) is 4.79 Å². The van der Waals surface area contributed by atoms with Gasteiger partial charge in [-0.05, 0) is 73.2 Å². The quantitative estimate of drug-likeness (QED) is 0.107. The summed E-state index contributed by atoms with van der Waals surface area (Å²) < 4.78 is 11.7. The molecule has 0 bridgehead atoms. The summed E-state index contributed by atoms with van der Waals surface area (Å²) in [6.07, 6.45) is 1.48. The normalized spacial score (nSPS) is 11.0. The molecule has 0 saturated carbocycles. The molecule has 0 aliphatic heterocycles. The molecule has 224 valence electrons. The van der Waals surface area contributed by atoms with E-state index in [2.05, 4.69) is 20.8 Å². The van der Waals surface area contributed by atoms with Crippen LogP contribution in [0.25, 0.3) is 11.3 Å². The lowest BCUT2D eigenvalue weighted by molar-refractivity contribution is 0.0955. The van der Waals surface area contributed by atoms with E-state index in [1.165, 1.54) is 17.6 Å². The zero-order valence-corrected chi connectivity index (χ0v) is 27.0. The molecule has 0 radical (unpaired) electrons. The van der Waals surface area contributed by atoms with Crippen LogP contribution in [0.5, 0.6) is 11.5 Å². The molecule has 0 fully saturated rings. The van der Waals surface area contributed by atoms with Gasteiger partial charge in [-0.3, -0.25) is 4.79 Å². The van der Waals surface area contributed by atoms with Gasteiger partial charge in [-0.25, -0.2) is 10.4 Å². The molecule has 0 saturated heterocycles. The van der Waals surface area contributed by atoms with Gasteiger partial charge in [0, 0.05) is 42.8 Å². The standard InChI is InChI=1S/C32H24Cl4N4O3S/c1-2-42-29-14-19(13-27(36)30(29)43-17-22-7-8-24(34)15-26(22)35)16-37-40-31(41)21-5-3-20(4-6-21)28-18-44-32(39-28)38-25-11-9-23(33)10-12-25/h3-16,18H,2,17H2,1H3,(H,38,39)(H,40,41)/b37-16-. The average Bonchev–Trinajstić information content (AvgIpc) is 3.47. The molecule has 5 rings (SSSR count). The molecule has 7 nitrogen and oxygen atoms in total. The van der Waals surface area contributed by atoms with E-state index in [4.69, 9.17) is 55.9 Å². The number of halogens is 4. The first-order valence-corrected chi connectivity index (χ1v) is 15.6.